The van der Waals surface area contributed by atoms with Crippen LogP contribution in [0.5, 0.6) is 5.75 Å². The molecule has 0 unspecified atom stereocenters. The van der Waals surface area contributed by atoms with Crippen molar-refractivity contribution >= 4 is 6.16 Å². The average molecular weight is 228 g/mol. The Morgan fingerprint density at radius 1 is 0.941 bits per heavy atom. The Labute approximate surface area is 99.3 Å². The molecule has 2 rings (SSSR count). The van der Waals surface area contributed by atoms with Crippen molar-refractivity contribution in [3.8, 4) is 5.75 Å². The average Bonchev–Trinajstić information content (AvgIpc) is 2.32. The van der Waals surface area contributed by atoms with Crippen LogP contribution in [0.1, 0.15) is 11.1 Å². The van der Waals surface area contributed by atoms with E-state index >= 15 is 0 Å². The van der Waals surface area contributed by atoms with Crippen molar-refractivity contribution in [3.63, 3.8) is 0 Å². The number of rotatable bonds is 3. The van der Waals surface area contributed by atoms with Crippen LogP contribution in [0.4, 0.5) is 4.79 Å². The summed E-state index contributed by atoms with van der Waals surface area (Å²) in [5, 5.41) is 8.45. The van der Waals surface area contributed by atoms with Gasteiger partial charge in [-0.2, -0.15) is 0 Å². The lowest BCUT2D eigenvalue weighted by Gasteiger charge is -2.03. The number of hydrogen-bond acceptors (Lipinski definition) is 2. The Hall–Kier alpha value is -2.29. The molecule has 3 nitrogen and oxygen atoms in total. The Morgan fingerprint density at radius 3 is 2.12 bits per heavy atom. The van der Waals surface area contributed by atoms with Gasteiger partial charge in [-0.05, 0) is 29.7 Å². The van der Waals surface area contributed by atoms with Crippen LogP contribution in [0.2, 0.25) is 0 Å². The first kappa shape index (κ1) is 11.2. The zero-order chi connectivity index (χ0) is 12.1. The molecular weight excluding hydrogens is 216 g/mol. The van der Waals surface area contributed by atoms with Crippen molar-refractivity contribution in [1.29, 1.82) is 0 Å². The monoisotopic (exact) mass is 228 g/mol. The van der Waals surface area contributed by atoms with Gasteiger partial charge >= 0.3 is 6.16 Å². The van der Waals surface area contributed by atoms with Gasteiger partial charge in [0.1, 0.15) is 5.75 Å². The Bertz CT molecular complexity index is 489. The van der Waals surface area contributed by atoms with Crippen molar-refractivity contribution in [3.05, 3.63) is 65.7 Å². The summed E-state index contributed by atoms with van der Waals surface area (Å²) in [5.41, 5.74) is 2.34. The van der Waals surface area contributed by atoms with Crippen LogP contribution in [-0.2, 0) is 6.42 Å². The highest BCUT2D eigenvalue weighted by Crippen LogP contribution is 2.15. The molecule has 2 aromatic carbocycles. The summed E-state index contributed by atoms with van der Waals surface area (Å²) in [4.78, 5) is 10.3. The lowest BCUT2D eigenvalue weighted by atomic mass is 10.1. The molecule has 0 heterocycles. The predicted octanol–water partition coefficient (Wildman–Crippen LogP) is 3.33. The van der Waals surface area contributed by atoms with E-state index in [4.69, 9.17) is 5.11 Å². The van der Waals surface area contributed by atoms with E-state index in [2.05, 4.69) is 16.9 Å². The van der Waals surface area contributed by atoms with Crippen LogP contribution >= 0.6 is 0 Å². The number of hydrogen-bond donors (Lipinski definition) is 1. The molecule has 0 saturated heterocycles. The normalized spacial score (nSPS) is 9.88. The highest BCUT2D eigenvalue weighted by Gasteiger charge is 2.01. The predicted molar refractivity (Wildman–Crippen MR) is 64.3 cm³/mol. The maximum Gasteiger partial charge on any atom is 0.511 e. The number of carbonyl (C=O) groups is 1. The maximum atomic E-state index is 10.3. The summed E-state index contributed by atoms with van der Waals surface area (Å²) < 4.78 is 4.54. The summed E-state index contributed by atoms with van der Waals surface area (Å²) in [7, 11) is 0. The summed E-state index contributed by atoms with van der Waals surface area (Å²) in [5.74, 6) is 0.342. The van der Waals surface area contributed by atoms with Crippen molar-refractivity contribution in [2.75, 3.05) is 0 Å². The van der Waals surface area contributed by atoms with Gasteiger partial charge in [0.2, 0.25) is 0 Å². The third kappa shape index (κ3) is 3.34. The zero-order valence-corrected chi connectivity index (χ0v) is 9.17. The van der Waals surface area contributed by atoms with Gasteiger partial charge in [0.25, 0.3) is 0 Å². The highest BCUT2D eigenvalue weighted by molar-refractivity contribution is 5.61. The van der Waals surface area contributed by atoms with E-state index < -0.39 is 6.16 Å². The molecule has 0 amide bonds. The zero-order valence-electron chi connectivity index (χ0n) is 9.17. The van der Waals surface area contributed by atoms with Crippen molar-refractivity contribution < 1.29 is 14.6 Å². The SMILES string of the molecule is O=C(O)Oc1ccc(Cc2ccccc2)cc1. The fraction of sp³-hybridized carbons (Fsp3) is 0.0714. The first-order valence-electron chi connectivity index (χ1n) is 5.28. The van der Waals surface area contributed by atoms with Gasteiger partial charge in [-0.15, -0.1) is 0 Å². The molecule has 0 saturated carbocycles. The Balaban J connectivity index is 2.06. The fourth-order valence-corrected chi connectivity index (χ4v) is 1.61. The van der Waals surface area contributed by atoms with Crippen LogP contribution in [0, 0.1) is 0 Å². The van der Waals surface area contributed by atoms with Crippen molar-refractivity contribution in [2.24, 2.45) is 0 Å². The van der Waals surface area contributed by atoms with E-state index in [1.807, 2.05) is 30.3 Å². The topological polar surface area (TPSA) is 46.5 Å². The lowest BCUT2D eigenvalue weighted by molar-refractivity contribution is 0.144. The summed E-state index contributed by atoms with van der Waals surface area (Å²) in [6.45, 7) is 0. The molecule has 2 aromatic rings. The van der Waals surface area contributed by atoms with Gasteiger partial charge < -0.3 is 9.84 Å². The molecule has 0 atom stereocenters. The molecule has 0 spiro atoms. The smallest absolute Gasteiger partial charge is 0.449 e. The molecule has 0 aliphatic rings. The quantitative estimate of drug-likeness (QED) is 0.647. The van der Waals surface area contributed by atoms with Gasteiger partial charge in [0.15, 0.2) is 0 Å². The van der Waals surface area contributed by atoms with Crippen molar-refractivity contribution in [2.45, 2.75) is 6.42 Å². The first-order chi connectivity index (χ1) is 8.24. The molecular formula is C14H12O3. The van der Waals surface area contributed by atoms with Gasteiger partial charge in [-0.1, -0.05) is 42.5 Å². The third-order valence-corrected chi connectivity index (χ3v) is 2.38. The number of benzene rings is 2. The molecule has 17 heavy (non-hydrogen) atoms. The van der Waals surface area contributed by atoms with Gasteiger partial charge in [0, 0.05) is 0 Å². The minimum atomic E-state index is -1.29. The summed E-state index contributed by atoms with van der Waals surface area (Å²) in [6, 6.07) is 17.1. The summed E-state index contributed by atoms with van der Waals surface area (Å²) >= 11 is 0. The maximum absolute atomic E-state index is 10.3. The minimum absolute atomic E-state index is 0.342. The van der Waals surface area contributed by atoms with E-state index in [0.29, 0.717) is 5.75 Å². The van der Waals surface area contributed by atoms with E-state index in [1.54, 1.807) is 12.1 Å². The molecule has 0 aliphatic heterocycles. The summed E-state index contributed by atoms with van der Waals surface area (Å²) in [6.07, 6.45) is -0.463. The van der Waals surface area contributed by atoms with E-state index in [-0.39, 0.29) is 0 Å². The number of carboxylic acid groups (broad SMARTS) is 1. The molecule has 1 N–H and O–H groups in total. The number of ether oxygens (including phenoxy) is 1. The second-order valence-corrected chi connectivity index (χ2v) is 3.67. The van der Waals surface area contributed by atoms with Crippen LogP contribution in [-0.4, -0.2) is 11.3 Å². The second kappa shape index (κ2) is 5.16. The fourth-order valence-electron chi connectivity index (χ4n) is 1.61. The molecule has 0 radical (unpaired) electrons. The Kier molecular flexibility index (Phi) is 3.40. The van der Waals surface area contributed by atoms with Gasteiger partial charge in [-0.25, -0.2) is 4.79 Å². The van der Waals surface area contributed by atoms with Crippen LogP contribution in [0.15, 0.2) is 54.6 Å². The first-order valence-corrected chi connectivity index (χ1v) is 5.28. The van der Waals surface area contributed by atoms with Gasteiger partial charge in [0.05, 0.1) is 0 Å². The van der Waals surface area contributed by atoms with Gasteiger partial charge in [-0.3, -0.25) is 0 Å². The standard InChI is InChI=1S/C14H12O3/c15-14(16)17-13-8-6-12(7-9-13)10-11-4-2-1-3-5-11/h1-9H,10H2,(H,15,16). The molecule has 86 valence electrons. The van der Waals surface area contributed by atoms with E-state index in [0.717, 1.165) is 12.0 Å². The van der Waals surface area contributed by atoms with Crippen LogP contribution in [0.3, 0.4) is 0 Å². The Morgan fingerprint density at radius 2 is 1.53 bits per heavy atom. The minimum Gasteiger partial charge on any atom is -0.449 e. The van der Waals surface area contributed by atoms with E-state index in [9.17, 15) is 4.79 Å². The second-order valence-electron chi connectivity index (χ2n) is 3.67. The highest BCUT2D eigenvalue weighted by atomic mass is 16.7. The third-order valence-electron chi connectivity index (χ3n) is 2.38. The van der Waals surface area contributed by atoms with E-state index in [1.165, 1.54) is 5.56 Å². The lowest BCUT2D eigenvalue weighted by Crippen LogP contribution is -2.02. The molecule has 0 fully saturated rings. The molecule has 0 aliphatic carbocycles. The largest absolute Gasteiger partial charge is 0.511 e. The van der Waals surface area contributed by atoms with Crippen LogP contribution in [0.25, 0.3) is 0 Å². The van der Waals surface area contributed by atoms with Crippen molar-refractivity contribution in [1.82, 2.24) is 0 Å². The molecule has 0 bridgehead atoms. The van der Waals surface area contributed by atoms with Crippen LogP contribution < -0.4 is 4.74 Å². The molecule has 0 aromatic heterocycles. The molecule has 3 heteroatoms.